The zero-order valence-electron chi connectivity index (χ0n) is 22.3. The second kappa shape index (κ2) is 9.75. The number of aryl methyl sites for hydroxylation is 1. The number of hydrogen-bond donors (Lipinski definition) is 1. The number of tetrazole rings is 1. The number of hydrogen-bond acceptors (Lipinski definition) is 5. The Labute approximate surface area is 224 Å². The van der Waals surface area contributed by atoms with Gasteiger partial charge >= 0.3 is 0 Å². The fraction of sp³-hybridized carbons (Fsp3) is 0.516. The van der Waals surface area contributed by atoms with Crippen LogP contribution in [0.15, 0.2) is 48.5 Å². The van der Waals surface area contributed by atoms with Gasteiger partial charge in [-0.1, -0.05) is 61.9 Å². The Morgan fingerprint density at radius 3 is 2.29 bits per heavy atom. The van der Waals surface area contributed by atoms with Crippen LogP contribution in [0.2, 0.25) is 0 Å². The highest BCUT2D eigenvalue weighted by atomic mass is 15.5. The van der Waals surface area contributed by atoms with Crippen LogP contribution in [0, 0.1) is 23.2 Å². The van der Waals surface area contributed by atoms with E-state index in [4.69, 9.17) is 10.1 Å². The van der Waals surface area contributed by atoms with Gasteiger partial charge in [0.05, 0.1) is 6.54 Å². The fourth-order valence-electron chi connectivity index (χ4n) is 8.16. The van der Waals surface area contributed by atoms with Crippen LogP contribution < -0.4 is 0 Å². The van der Waals surface area contributed by atoms with E-state index in [1.54, 1.807) is 0 Å². The molecule has 2 aromatic carbocycles. The SMILES string of the molecule is CCCCc1nc(CC23CC4CC(CC(C4)C2)C3)nn1Cc1ccc(-c2ccccc2-c2nn[nH]n2)cc1. The second-order valence-corrected chi connectivity index (χ2v) is 12.3. The molecule has 4 aromatic rings. The topological polar surface area (TPSA) is 85.2 Å². The Morgan fingerprint density at radius 1 is 0.921 bits per heavy atom. The Balaban J connectivity index is 1.12. The third kappa shape index (κ3) is 4.56. The molecule has 2 heterocycles. The van der Waals surface area contributed by atoms with Crippen LogP contribution in [0.4, 0.5) is 0 Å². The number of aromatic amines is 1. The summed E-state index contributed by atoms with van der Waals surface area (Å²) < 4.78 is 2.19. The van der Waals surface area contributed by atoms with Crippen molar-refractivity contribution in [2.24, 2.45) is 23.2 Å². The van der Waals surface area contributed by atoms with Gasteiger partial charge < -0.3 is 0 Å². The molecular formula is C31H37N7. The summed E-state index contributed by atoms with van der Waals surface area (Å²) in [5, 5.41) is 19.8. The van der Waals surface area contributed by atoms with Gasteiger partial charge in [-0.25, -0.2) is 9.67 Å². The lowest BCUT2D eigenvalue weighted by atomic mass is 9.49. The molecule has 0 radical (unpaired) electrons. The van der Waals surface area contributed by atoms with Gasteiger partial charge in [0.25, 0.3) is 0 Å². The lowest BCUT2D eigenvalue weighted by Crippen LogP contribution is -2.47. The molecule has 0 unspecified atom stereocenters. The molecule has 4 aliphatic carbocycles. The summed E-state index contributed by atoms with van der Waals surface area (Å²) >= 11 is 0. The van der Waals surface area contributed by atoms with Crippen LogP contribution in [0.3, 0.4) is 0 Å². The van der Waals surface area contributed by atoms with E-state index in [-0.39, 0.29) is 0 Å². The molecule has 196 valence electrons. The summed E-state index contributed by atoms with van der Waals surface area (Å²) in [5.74, 6) is 5.74. The van der Waals surface area contributed by atoms with E-state index in [2.05, 4.69) is 62.6 Å². The molecule has 4 fully saturated rings. The first kappa shape index (κ1) is 23.7. The Kier molecular flexibility index (Phi) is 6.09. The summed E-state index contributed by atoms with van der Waals surface area (Å²) in [6, 6.07) is 17.0. The minimum atomic E-state index is 0.469. The molecule has 4 aliphatic rings. The molecule has 4 bridgehead atoms. The normalized spacial score (nSPS) is 25.8. The van der Waals surface area contributed by atoms with Crippen LogP contribution in [0.1, 0.15) is 75.5 Å². The summed E-state index contributed by atoms with van der Waals surface area (Å²) in [5.41, 5.74) is 4.93. The summed E-state index contributed by atoms with van der Waals surface area (Å²) in [6.45, 7) is 3.02. The molecule has 38 heavy (non-hydrogen) atoms. The van der Waals surface area contributed by atoms with Crippen molar-refractivity contribution in [2.75, 3.05) is 0 Å². The Bertz CT molecular complexity index is 1350. The average Bonchev–Trinajstić information content (AvgIpc) is 3.57. The highest BCUT2D eigenvalue weighted by Gasteiger charge is 2.51. The number of H-pyrrole nitrogens is 1. The largest absolute Gasteiger partial charge is 0.245 e. The van der Waals surface area contributed by atoms with Gasteiger partial charge in [-0.3, -0.25) is 0 Å². The van der Waals surface area contributed by atoms with E-state index in [1.165, 1.54) is 50.5 Å². The average molecular weight is 508 g/mol. The maximum Gasteiger partial charge on any atom is 0.205 e. The summed E-state index contributed by atoms with van der Waals surface area (Å²) in [4.78, 5) is 5.15. The summed E-state index contributed by atoms with van der Waals surface area (Å²) in [7, 11) is 0. The zero-order chi connectivity index (χ0) is 25.5. The third-order valence-corrected chi connectivity index (χ3v) is 9.35. The first-order valence-corrected chi connectivity index (χ1v) is 14.5. The van der Waals surface area contributed by atoms with Crippen LogP contribution in [-0.2, 0) is 19.4 Å². The molecular weight excluding hydrogens is 470 g/mol. The van der Waals surface area contributed by atoms with Crippen LogP contribution in [0.25, 0.3) is 22.5 Å². The maximum absolute atomic E-state index is 5.15. The van der Waals surface area contributed by atoms with Gasteiger partial charge in [-0.2, -0.15) is 10.3 Å². The molecule has 0 aliphatic heterocycles. The number of rotatable bonds is 9. The van der Waals surface area contributed by atoms with Crippen molar-refractivity contribution in [1.29, 1.82) is 0 Å². The second-order valence-electron chi connectivity index (χ2n) is 12.3. The zero-order valence-corrected chi connectivity index (χ0v) is 22.3. The molecule has 0 atom stereocenters. The molecule has 8 rings (SSSR count). The van der Waals surface area contributed by atoms with Crippen molar-refractivity contribution in [1.82, 2.24) is 35.4 Å². The number of nitrogens with zero attached hydrogens (tertiary/aromatic N) is 6. The van der Waals surface area contributed by atoms with Crippen LogP contribution in [-0.4, -0.2) is 35.4 Å². The van der Waals surface area contributed by atoms with Crippen molar-refractivity contribution in [3.8, 4) is 22.5 Å². The van der Waals surface area contributed by atoms with Gasteiger partial charge in [0, 0.05) is 18.4 Å². The molecule has 1 N–H and O–H groups in total. The highest BCUT2D eigenvalue weighted by molar-refractivity contribution is 5.80. The molecule has 0 spiro atoms. The maximum atomic E-state index is 5.15. The predicted molar refractivity (Wildman–Crippen MR) is 147 cm³/mol. The molecule has 0 saturated heterocycles. The number of benzene rings is 2. The number of nitrogens with one attached hydrogen (secondary N) is 1. The van der Waals surface area contributed by atoms with Crippen molar-refractivity contribution in [2.45, 2.75) is 77.7 Å². The summed E-state index contributed by atoms with van der Waals surface area (Å²) in [6.07, 6.45) is 13.1. The van der Waals surface area contributed by atoms with Crippen molar-refractivity contribution >= 4 is 0 Å². The first-order chi connectivity index (χ1) is 18.7. The van der Waals surface area contributed by atoms with Crippen LogP contribution in [0.5, 0.6) is 0 Å². The third-order valence-electron chi connectivity index (χ3n) is 9.35. The van der Waals surface area contributed by atoms with Gasteiger partial charge in [0.2, 0.25) is 5.82 Å². The molecule has 7 heteroatoms. The van der Waals surface area contributed by atoms with Gasteiger partial charge in [-0.15, -0.1) is 10.2 Å². The first-order valence-electron chi connectivity index (χ1n) is 14.5. The monoisotopic (exact) mass is 507 g/mol. The minimum absolute atomic E-state index is 0.469. The Morgan fingerprint density at radius 2 is 1.63 bits per heavy atom. The molecule has 2 aromatic heterocycles. The molecule has 4 saturated carbocycles. The number of aromatic nitrogens is 7. The van der Waals surface area contributed by atoms with Crippen LogP contribution >= 0.6 is 0 Å². The fourth-order valence-corrected chi connectivity index (χ4v) is 8.16. The lowest BCUT2D eigenvalue weighted by Gasteiger charge is -2.56. The van der Waals surface area contributed by atoms with Crippen molar-refractivity contribution < 1.29 is 0 Å². The van der Waals surface area contributed by atoms with E-state index in [1.807, 2.05) is 18.2 Å². The molecule has 7 nitrogen and oxygen atoms in total. The van der Waals surface area contributed by atoms with E-state index in [9.17, 15) is 0 Å². The van der Waals surface area contributed by atoms with Gasteiger partial charge in [0.15, 0.2) is 5.82 Å². The minimum Gasteiger partial charge on any atom is -0.245 e. The van der Waals surface area contributed by atoms with E-state index >= 15 is 0 Å². The smallest absolute Gasteiger partial charge is 0.205 e. The van der Waals surface area contributed by atoms with E-state index < -0.39 is 0 Å². The Hall–Kier alpha value is -3.35. The quantitative estimate of drug-likeness (QED) is 0.288. The van der Waals surface area contributed by atoms with E-state index in [0.717, 1.165) is 71.9 Å². The standard InChI is InChI=1S/C31H37N7/c1-2-3-8-29-32-28(19-31-16-22-13-23(17-31)15-24(14-22)18-31)35-38(29)20-21-9-11-25(12-10-21)26-6-4-5-7-27(26)30-33-36-37-34-30/h4-7,9-12,22-24H,2-3,8,13-20H2,1H3,(H,33,34,36,37). The molecule has 0 amide bonds. The lowest BCUT2D eigenvalue weighted by molar-refractivity contribution is -0.0531. The number of unbranched alkanes of at least 4 members (excludes halogenated alkanes) is 1. The predicted octanol–water partition coefficient (Wildman–Crippen LogP) is 6.28. The van der Waals surface area contributed by atoms with Gasteiger partial charge in [-0.05, 0) is 90.0 Å². The van der Waals surface area contributed by atoms with Crippen molar-refractivity contribution in [3.63, 3.8) is 0 Å². The highest BCUT2D eigenvalue weighted by Crippen LogP contribution is 2.60. The van der Waals surface area contributed by atoms with Crippen molar-refractivity contribution in [3.05, 3.63) is 65.7 Å². The van der Waals surface area contributed by atoms with E-state index in [0.29, 0.717) is 11.2 Å². The van der Waals surface area contributed by atoms with Gasteiger partial charge in [0.1, 0.15) is 5.82 Å².